The minimum atomic E-state index is -1.57. The standard InChI is InChI=1S/C42H75NO8/c1-3-5-7-9-11-13-15-16-17-18-19-20-22-23-25-27-29-31-36(45)35(34-50-42-41(49)40(48)39(47)37(33-44)51-42)43-38(46)32-30-28-26-24-21-14-12-10-8-6-4-2/h10,12,17-18,22-23,29,31,35-37,39-42,44-45,47-49H,3-9,11,13-16,19-21,24-28,30,32-34H2,1-2H3,(H,43,46)/b12-10-,18-17+,23-22+,31-29+. The molecule has 0 aromatic rings. The third-order valence-corrected chi connectivity index (χ3v) is 9.35. The van der Waals surface area contributed by atoms with Crippen LogP contribution < -0.4 is 5.32 Å². The molecule has 51 heavy (non-hydrogen) atoms. The van der Waals surface area contributed by atoms with Crippen LogP contribution in [-0.4, -0.2) is 87.5 Å². The summed E-state index contributed by atoms with van der Waals surface area (Å²) < 4.78 is 11.1. The van der Waals surface area contributed by atoms with Crippen molar-refractivity contribution in [1.82, 2.24) is 5.32 Å². The zero-order valence-corrected chi connectivity index (χ0v) is 32.1. The Kier molecular flexibility index (Phi) is 30.3. The highest BCUT2D eigenvalue weighted by Crippen LogP contribution is 2.22. The molecule has 0 aromatic carbocycles. The Morgan fingerprint density at radius 2 is 1.14 bits per heavy atom. The molecule has 0 spiro atoms. The molecule has 1 aliphatic rings. The lowest BCUT2D eigenvalue weighted by molar-refractivity contribution is -0.302. The predicted molar refractivity (Wildman–Crippen MR) is 207 cm³/mol. The van der Waals surface area contributed by atoms with Crippen molar-refractivity contribution in [2.45, 2.75) is 198 Å². The van der Waals surface area contributed by atoms with Crippen molar-refractivity contribution in [3.63, 3.8) is 0 Å². The van der Waals surface area contributed by atoms with Crippen LogP contribution in [-0.2, 0) is 14.3 Å². The molecule has 1 saturated heterocycles. The second-order valence-corrected chi connectivity index (χ2v) is 14.1. The van der Waals surface area contributed by atoms with Gasteiger partial charge in [-0.2, -0.15) is 0 Å². The van der Waals surface area contributed by atoms with Crippen molar-refractivity contribution in [2.24, 2.45) is 0 Å². The molecule has 6 N–H and O–H groups in total. The Balaban J connectivity index is 2.48. The fourth-order valence-electron chi connectivity index (χ4n) is 5.99. The normalized spacial score (nSPS) is 22.5. The van der Waals surface area contributed by atoms with Crippen LogP contribution in [0, 0.1) is 0 Å². The average Bonchev–Trinajstić information content (AvgIpc) is 3.13. The summed E-state index contributed by atoms with van der Waals surface area (Å²) in [5.41, 5.74) is 0. The van der Waals surface area contributed by atoms with Gasteiger partial charge in [-0.05, 0) is 64.2 Å². The number of hydrogen-bond donors (Lipinski definition) is 6. The van der Waals surface area contributed by atoms with E-state index in [9.17, 15) is 30.3 Å². The van der Waals surface area contributed by atoms with Gasteiger partial charge >= 0.3 is 0 Å². The van der Waals surface area contributed by atoms with Crippen LogP contribution >= 0.6 is 0 Å². The lowest BCUT2D eigenvalue weighted by Crippen LogP contribution is -2.60. The maximum absolute atomic E-state index is 12.8. The van der Waals surface area contributed by atoms with E-state index in [2.05, 4.69) is 55.6 Å². The summed E-state index contributed by atoms with van der Waals surface area (Å²) in [6, 6.07) is -0.830. The first kappa shape index (κ1) is 47.2. The Hall–Kier alpha value is -1.85. The predicted octanol–water partition coefficient (Wildman–Crippen LogP) is 7.50. The second kappa shape index (κ2) is 32.8. The summed E-state index contributed by atoms with van der Waals surface area (Å²) in [5, 5.41) is 53.9. The summed E-state index contributed by atoms with van der Waals surface area (Å²) >= 11 is 0. The highest BCUT2D eigenvalue weighted by atomic mass is 16.7. The number of aliphatic hydroxyl groups is 5. The molecule has 296 valence electrons. The van der Waals surface area contributed by atoms with Crippen LogP contribution in [0.25, 0.3) is 0 Å². The van der Waals surface area contributed by atoms with Crippen molar-refractivity contribution < 1.29 is 39.8 Å². The number of amides is 1. The second-order valence-electron chi connectivity index (χ2n) is 14.1. The van der Waals surface area contributed by atoms with E-state index in [4.69, 9.17) is 9.47 Å². The van der Waals surface area contributed by atoms with Crippen LogP contribution in [0.2, 0.25) is 0 Å². The number of aliphatic hydroxyl groups excluding tert-OH is 5. The van der Waals surface area contributed by atoms with Gasteiger partial charge in [0.15, 0.2) is 6.29 Å². The molecule has 9 nitrogen and oxygen atoms in total. The van der Waals surface area contributed by atoms with Crippen LogP contribution in [0.1, 0.15) is 155 Å². The molecule has 9 heteroatoms. The molecule has 1 fully saturated rings. The molecule has 0 saturated carbocycles. The molecular formula is C42H75NO8. The third-order valence-electron chi connectivity index (χ3n) is 9.35. The van der Waals surface area contributed by atoms with Crippen LogP contribution in [0.4, 0.5) is 0 Å². The molecule has 1 amide bonds. The molecular weight excluding hydrogens is 646 g/mol. The third kappa shape index (κ3) is 24.2. The monoisotopic (exact) mass is 722 g/mol. The van der Waals surface area contributed by atoms with Crippen molar-refractivity contribution in [3.8, 4) is 0 Å². The lowest BCUT2D eigenvalue weighted by atomic mass is 9.99. The maximum Gasteiger partial charge on any atom is 0.220 e. The number of carbonyl (C=O) groups is 1. The number of unbranched alkanes of at least 4 members (excludes halogenated alkanes) is 16. The quantitative estimate of drug-likeness (QED) is 0.0309. The highest BCUT2D eigenvalue weighted by molar-refractivity contribution is 5.76. The van der Waals surface area contributed by atoms with E-state index >= 15 is 0 Å². The number of carbonyl (C=O) groups excluding carboxylic acids is 1. The van der Waals surface area contributed by atoms with E-state index in [-0.39, 0.29) is 12.5 Å². The number of rotatable bonds is 32. The highest BCUT2D eigenvalue weighted by Gasteiger charge is 2.44. The van der Waals surface area contributed by atoms with Crippen LogP contribution in [0.3, 0.4) is 0 Å². The minimum Gasteiger partial charge on any atom is -0.394 e. The largest absolute Gasteiger partial charge is 0.394 e. The fraction of sp³-hybridized carbons (Fsp3) is 0.786. The summed E-state index contributed by atoms with van der Waals surface area (Å²) in [6.45, 7) is 3.67. The summed E-state index contributed by atoms with van der Waals surface area (Å²) in [5.74, 6) is -0.205. The number of allylic oxidation sites excluding steroid dienone is 7. The number of hydrogen-bond acceptors (Lipinski definition) is 8. The van der Waals surface area contributed by atoms with Gasteiger partial charge in [0.05, 0.1) is 25.4 Å². The molecule has 0 aromatic heterocycles. The van der Waals surface area contributed by atoms with Crippen LogP contribution in [0.5, 0.6) is 0 Å². The molecule has 0 radical (unpaired) electrons. The topological polar surface area (TPSA) is 149 Å². The van der Waals surface area contributed by atoms with E-state index in [1.807, 2.05) is 6.08 Å². The van der Waals surface area contributed by atoms with Gasteiger partial charge in [-0.25, -0.2) is 0 Å². The van der Waals surface area contributed by atoms with Crippen LogP contribution in [0.15, 0.2) is 48.6 Å². The zero-order chi connectivity index (χ0) is 37.4. The Bertz CT molecular complexity index is 936. The van der Waals surface area contributed by atoms with Crippen molar-refractivity contribution in [2.75, 3.05) is 13.2 Å². The van der Waals surface area contributed by atoms with Crippen molar-refractivity contribution in [1.29, 1.82) is 0 Å². The Labute approximate surface area is 310 Å². The van der Waals surface area contributed by atoms with Crippen molar-refractivity contribution >= 4 is 5.91 Å². The van der Waals surface area contributed by atoms with Gasteiger partial charge in [0.2, 0.25) is 5.91 Å². The first-order valence-electron chi connectivity index (χ1n) is 20.4. The Morgan fingerprint density at radius 1 is 0.647 bits per heavy atom. The summed E-state index contributed by atoms with van der Waals surface area (Å²) in [4.78, 5) is 12.8. The molecule has 0 aliphatic carbocycles. The first-order valence-corrected chi connectivity index (χ1v) is 20.4. The smallest absolute Gasteiger partial charge is 0.220 e. The van der Waals surface area contributed by atoms with E-state index < -0.39 is 49.5 Å². The molecule has 7 atom stereocenters. The van der Waals surface area contributed by atoms with Gasteiger partial charge in [-0.15, -0.1) is 0 Å². The molecule has 1 heterocycles. The lowest BCUT2D eigenvalue weighted by Gasteiger charge is -2.40. The molecule has 1 aliphatic heterocycles. The van der Waals surface area contributed by atoms with Gasteiger partial charge in [0.25, 0.3) is 0 Å². The molecule has 0 bridgehead atoms. The van der Waals surface area contributed by atoms with Gasteiger partial charge in [-0.3, -0.25) is 4.79 Å². The van der Waals surface area contributed by atoms with Gasteiger partial charge in [-0.1, -0.05) is 133 Å². The van der Waals surface area contributed by atoms with E-state index in [1.54, 1.807) is 6.08 Å². The number of nitrogens with one attached hydrogen (secondary N) is 1. The van der Waals surface area contributed by atoms with Gasteiger partial charge in [0, 0.05) is 6.42 Å². The average molecular weight is 722 g/mol. The van der Waals surface area contributed by atoms with Gasteiger partial charge < -0.3 is 40.3 Å². The SMILES string of the molecule is CCCC/C=C\CCCCCCCC(=O)NC(COC1OC(CO)C(O)C(O)C1O)C(O)/C=C/CC/C=C/CC/C=C/CCCCCCCCC. The number of ether oxygens (including phenoxy) is 2. The Morgan fingerprint density at radius 3 is 1.71 bits per heavy atom. The minimum absolute atomic E-state index is 0.205. The molecule has 1 rings (SSSR count). The summed E-state index contributed by atoms with van der Waals surface area (Å²) in [6.07, 6.45) is 33.0. The summed E-state index contributed by atoms with van der Waals surface area (Å²) in [7, 11) is 0. The van der Waals surface area contributed by atoms with E-state index in [0.29, 0.717) is 6.42 Å². The fourth-order valence-corrected chi connectivity index (χ4v) is 5.99. The van der Waals surface area contributed by atoms with E-state index in [1.165, 1.54) is 57.8 Å². The maximum atomic E-state index is 12.8. The first-order chi connectivity index (χ1) is 24.8. The van der Waals surface area contributed by atoms with E-state index in [0.717, 1.165) is 77.0 Å². The van der Waals surface area contributed by atoms with Gasteiger partial charge in [0.1, 0.15) is 24.4 Å². The van der Waals surface area contributed by atoms with Crippen molar-refractivity contribution in [3.05, 3.63) is 48.6 Å². The molecule has 7 unspecified atom stereocenters. The zero-order valence-electron chi connectivity index (χ0n) is 32.1.